The first-order chi connectivity index (χ1) is 8.41. The summed E-state index contributed by atoms with van der Waals surface area (Å²) >= 11 is 0. The zero-order valence-electron chi connectivity index (χ0n) is 12.6. The van der Waals surface area contributed by atoms with Crippen LogP contribution in [-0.2, 0) is 12.0 Å². The largest absolute Gasteiger partial charge is 0.313 e. The molecule has 0 unspecified atom stereocenters. The lowest BCUT2D eigenvalue weighted by Crippen LogP contribution is -2.23. The van der Waals surface area contributed by atoms with Crippen LogP contribution in [0.5, 0.6) is 0 Å². The predicted molar refractivity (Wildman–Crippen MR) is 80.0 cm³/mol. The van der Waals surface area contributed by atoms with Gasteiger partial charge in [-0.15, -0.1) is 0 Å². The first kappa shape index (κ1) is 15.2. The Morgan fingerprint density at radius 2 is 1.78 bits per heavy atom. The Balaban J connectivity index is 2.47. The molecule has 1 aromatic rings. The Bertz CT molecular complexity index is 350. The minimum absolute atomic E-state index is 0.224. The maximum Gasteiger partial charge on any atom is 0.0208 e. The molecule has 0 bridgehead atoms. The normalized spacial score (nSPS) is 12.1. The summed E-state index contributed by atoms with van der Waals surface area (Å²) < 4.78 is 0. The van der Waals surface area contributed by atoms with Crippen molar-refractivity contribution in [3.05, 3.63) is 35.4 Å². The average Bonchev–Trinajstić information content (AvgIpc) is 2.27. The van der Waals surface area contributed by atoms with Crippen LogP contribution in [0, 0.1) is 0 Å². The second-order valence-corrected chi connectivity index (χ2v) is 6.24. The van der Waals surface area contributed by atoms with Gasteiger partial charge < -0.3 is 10.2 Å². The van der Waals surface area contributed by atoms with Gasteiger partial charge in [-0.25, -0.2) is 0 Å². The van der Waals surface area contributed by atoms with E-state index in [2.05, 4.69) is 69.3 Å². The van der Waals surface area contributed by atoms with Crippen LogP contribution in [0.2, 0.25) is 0 Å². The highest BCUT2D eigenvalue weighted by Gasteiger charge is 2.16. The van der Waals surface area contributed by atoms with E-state index in [1.807, 2.05) is 0 Å². The van der Waals surface area contributed by atoms with Crippen LogP contribution < -0.4 is 5.32 Å². The quantitative estimate of drug-likeness (QED) is 0.779. The van der Waals surface area contributed by atoms with Crippen molar-refractivity contribution in [2.45, 2.75) is 39.2 Å². The van der Waals surface area contributed by atoms with Crippen LogP contribution in [0.1, 0.15) is 38.3 Å². The summed E-state index contributed by atoms with van der Waals surface area (Å²) in [4.78, 5) is 2.23. The van der Waals surface area contributed by atoms with Gasteiger partial charge in [-0.3, -0.25) is 0 Å². The molecule has 0 aliphatic carbocycles. The number of hydrogen-bond donors (Lipinski definition) is 1. The predicted octanol–water partition coefficient (Wildman–Crippen LogP) is 3.03. The fourth-order valence-electron chi connectivity index (χ4n) is 2.15. The molecule has 1 rings (SSSR count). The van der Waals surface area contributed by atoms with E-state index in [-0.39, 0.29) is 5.41 Å². The Morgan fingerprint density at radius 3 is 2.39 bits per heavy atom. The number of benzene rings is 1. The molecule has 0 aromatic heterocycles. The first-order valence-corrected chi connectivity index (χ1v) is 6.85. The summed E-state index contributed by atoms with van der Waals surface area (Å²) in [5, 5.41) is 3.54. The van der Waals surface area contributed by atoms with Gasteiger partial charge in [0.05, 0.1) is 0 Å². The van der Waals surface area contributed by atoms with Crippen LogP contribution in [-0.4, -0.2) is 32.1 Å². The van der Waals surface area contributed by atoms with E-state index < -0.39 is 0 Å². The molecule has 0 radical (unpaired) electrons. The van der Waals surface area contributed by atoms with Crippen LogP contribution >= 0.6 is 0 Å². The van der Waals surface area contributed by atoms with Crippen molar-refractivity contribution >= 4 is 0 Å². The summed E-state index contributed by atoms with van der Waals surface area (Å²) in [7, 11) is 4.24. The molecule has 102 valence electrons. The number of rotatable bonds is 6. The van der Waals surface area contributed by atoms with Gasteiger partial charge in [-0.2, -0.15) is 0 Å². The summed E-state index contributed by atoms with van der Waals surface area (Å²) in [6.45, 7) is 10.0. The summed E-state index contributed by atoms with van der Waals surface area (Å²) in [5.74, 6) is 0. The molecule has 2 heteroatoms. The minimum atomic E-state index is 0.224. The van der Waals surface area contributed by atoms with Crippen molar-refractivity contribution < 1.29 is 0 Å². The molecule has 0 fully saturated rings. The molecule has 18 heavy (non-hydrogen) atoms. The zero-order chi connectivity index (χ0) is 13.6. The number of hydrogen-bond acceptors (Lipinski definition) is 2. The van der Waals surface area contributed by atoms with Crippen LogP contribution in [0.25, 0.3) is 0 Å². The van der Waals surface area contributed by atoms with Crippen molar-refractivity contribution in [3.8, 4) is 0 Å². The SMILES string of the molecule is CN(C)CCCNCc1ccccc1C(C)(C)C. The van der Waals surface area contributed by atoms with Crippen molar-refractivity contribution in [3.63, 3.8) is 0 Å². The van der Waals surface area contributed by atoms with Gasteiger partial charge in [-0.1, -0.05) is 45.0 Å². The average molecular weight is 248 g/mol. The maximum atomic E-state index is 3.54. The van der Waals surface area contributed by atoms with Gasteiger partial charge in [0.15, 0.2) is 0 Å². The maximum absolute atomic E-state index is 3.54. The Hall–Kier alpha value is -0.860. The van der Waals surface area contributed by atoms with E-state index in [1.54, 1.807) is 0 Å². The second-order valence-electron chi connectivity index (χ2n) is 6.24. The number of nitrogens with zero attached hydrogens (tertiary/aromatic N) is 1. The highest BCUT2D eigenvalue weighted by molar-refractivity contribution is 5.32. The second kappa shape index (κ2) is 6.91. The molecular formula is C16H28N2. The lowest BCUT2D eigenvalue weighted by atomic mass is 9.84. The molecule has 0 aliphatic rings. The van der Waals surface area contributed by atoms with Crippen molar-refractivity contribution in [2.75, 3.05) is 27.2 Å². The van der Waals surface area contributed by atoms with Gasteiger partial charge >= 0.3 is 0 Å². The molecule has 0 spiro atoms. The van der Waals surface area contributed by atoms with Crippen LogP contribution in [0.4, 0.5) is 0 Å². The molecular weight excluding hydrogens is 220 g/mol. The zero-order valence-corrected chi connectivity index (χ0v) is 12.6. The lowest BCUT2D eigenvalue weighted by molar-refractivity contribution is 0.394. The van der Waals surface area contributed by atoms with Crippen LogP contribution in [0.15, 0.2) is 24.3 Å². The summed E-state index contributed by atoms with van der Waals surface area (Å²) in [5.41, 5.74) is 3.10. The third-order valence-corrected chi connectivity index (χ3v) is 3.10. The monoisotopic (exact) mass is 248 g/mol. The molecule has 0 aliphatic heterocycles. The fraction of sp³-hybridized carbons (Fsp3) is 0.625. The van der Waals surface area contributed by atoms with E-state index in [1.165, 1.54) is 17.5 Å². The third-order valence-electron chi connectivity index (χ3n) is 3.10. The van der Waals surface area contributed by atoms with E-state index in [0.29, 0.717) is 0 Å². The van der Waals surface area contributed by atoms with Gasteiger partial charge in [0.1, 0.15) is 0 Å². The van der Waals surface area contributed by atoms with Gasteiger partial charge in [0, 0.05) is 6.54 Å². The molecule has 2 nitrogen and oxygen atoms in total. The van der Waals surface area contributed by atoms with E-state index in [9.17, 15) is 0 Å². The summed E-state index contributed by atoms with van der Waals surface area (Å²) in [6.07, 6.45) is 1.20. The molecule has 0 saturated heterocycles. The molecule has 0 heterocycles. The van der Waals surface area contributed by atoms with Gasteiger partial charge in [0.25, 0.3) is 0 Å². The first-order valence-electron chi connectivity index (χ1n) is 6.85. The van der Waals surface area contributed by atoms with Crippen molar-refractivity contribution in [1.29, 1.82) is 0 Å². The Labute approximate surface area is 112 Å². The van der Waals surface area contributed by atoms with E-state index in [0.717, 1.165) is 19.6 Å². The molecule has 0 amide bonds. The Morgan fingerprint density at radius 1 is 1.11 bits per heavy atom. The number of nitrogens with one attached hydrogen (secondary N) is 1. The summed E-state index contributed by atoms with van der Waals surface area (Å²) in [6, 6.07) is 8.75. The Kier molecular flexibility index (Phi) is 5.83. The standard InChI is InChI=1S/C16H28N2/c1-16(2,3)15-10-7-6-9-14(15)13-17-11-8-12-18(4)5/h6-7,9-10,17H,8,11-13H2,1-5H3. The van der Waals surface area contributed by atoms with Crippen LogP contribution in [0.3, 0.4) is 0 Å². The van der Waals surface area contributed by atoms with E-state index >= 15 is 0 Å². The molecule has 1 N–H and O–H groups in total. The van der Waals surface area contributed by atoms with Crippen molar-refractivity contribution in [1.82, 2.24) is 10.2 Å². The van der Waals surface area contributed by atoms with Crippen molar-refractivity contribution in [2.24, 2.45) is 0 Å². The third kappa shape index (κ3) is 5.19. The minimum Gasteiger partial charge on any atom is -0.313 e. The fourth-order valence-corrected chi connectivity index (χ4v) is 2.15. The molecule has 0 atom stereocenters. The molecule has 0 saturated carbocycles. The lowest BCUT2D eigenvalue weighted by Gasteiger charge is -2.23. The molecule has 1 aromatic carbocycles. The van der Waals surface area contributed by atoms with Gasteiger partial charge in [0.2, 0.25) is 0 Å². The van der Waals surface area contributed by atoms with Gasteiger partial charge in [-0.05, 0) is 50.1 Å². The smallest absolute Gasteiger partial charge is 0.0208 e. The highest BCUT2D eigenvalue weighted by Crippen LogP contribution is 2.25. The van der Waals surface area contributed by atoms with E-state index in [4.69, 9.17) is 0 Å². The topological polar surface area (TPSA) is 15.3 Å². The highest BCUT2D eigenvalue weighted by atomic mass is 15.0.